The molecule has 0 aliphatic rings. The number of rotatable bonds is 34. The molecular weight excluding hydrogens is 957 g/mol. The molecule has 15 N–H and O–H groups in total. The van der Waals surface area contributed by atoms with Gasteiger partial charge in [0.2, 0.25) is 41.4 Å². The standard InChI is InChI=1S/C51H84N12O9S/c1-10-32(8)42(50(71)59-38(43(53)64)25-29(2)3)63-49(70)41(28-35-15-14-24-73-35)62-48(69)40(27-31(6)7)61-47(68)39(26-30(4)5)60-46(67)36(16-11-12-22-52)58-45(66)37(17-13-23-56-51(54)55)57-44(65)33-18-20-34(72-9)21-19-33/h14-15,18-21,24,29-32,36-42H,10-13,16-17,22-23,25-28,52H2,1-9H3,(H2,53,64)(H,57,65)(H,58,66)(H,59,71)(H,60,67)(H,61,68)(H,62,69)(H,63,70)(H4,54,55,56)/t32-,36-,37-,38+,39-,40-,41+,42-/m0/s1. The topological polar surface area (TPSA) is 346 Å². The molecule has 408 valence electrons. The van der Waals surface area contributed by atoms with E-state index in [1.54, 1.807) is 31.2 Å². The van der Waals surface area contributed by atoms with Crippen molar-refractivity contribution in [2.75, 3.05) is 20.2 Å². The zero-order chi connectivity index (χ0) is 54.8. The third kappa shape index (κ3) is 23.4. The van der Waals surface area contributed by atoms with E-state index in [1.165, 1.54) is 18.4 Å². The Hall–Kier alpha value is -6.29. The Kier molecular flexibility index (Phi) is 28.2. The van der Waals surface area contributed by atoms with Crippen LogP contribution in [0.2, 0.25) is 0 Å². The number of ether oxygens (including phenoxy) is 1. The number of amides is 8. The van der Waals surface area contributed by atoms with E-state index >= 15 is 0 Å². The molecule has 1 aromatic heterocycles. The van der Waals surface area contributed by atoms with Gasteiger partial charge in [-0.15, -0.1) is 11.3 Å². The first-order valence-corrected chi connectivity index (χ1v) is 26.2. The van der Waals surface area contributed by atoms with E-state index in [1.807, 2.05) is 66.0 Å². The molecule has 73 heavy (non-hydrogen) atoms. The Labute approximate surface area is 435 Å². The molecule has 1 heterocycles. The molecule has 0 spiro atoms. The Morgan fingerprint density at radius 1 is 0.589 bits per heavy atom. The van der Waals surface area contributed by atoms with Crippen LogP contribution >= 0.6 is 11.3 Å². The first-order valence-electron chi connectivity index (χ1n) is 25.3. The fourth-order valence-corrected chi connectivity index (χ4v) is 8.54. The van der Waals surface area contributed by atoms with Gasteiger partial charge in [-0.2, -0.15) is 0 Å². The lowest BCUT2D eigenvalue weighted by atomic mass is 9.96. The molecule has 0 aliphatic heterocycles. The molecule has 2 aromatic rings. The molecule has 21 nitrogen and oxygen atoms in total. The van der Waals surface area contributed by atoms with Crippen molar-refractivity contribution < 1.29 is 43.1 Å². The molecule has 8 atom stereocenters. The molecule has 0 saturated heterocycles. The third-order valence-electron chi connectivity index (χ3n) is 12.0. The van der Waals surface area contributed by atoms with Crippen LogP contribution in [0.1, 0.15) is 128 Å². The van der Waals surface area contributed by atoms with Gasteiger partial charge in [-0.3, -0.25) is 43.3 Å². The Morgan fingerprint density at radius 2 is 1.07 bits per heavy atom. The third-order valence-corrected chi connectivity index (χ3v) is 12.9. The van der Waals surface area contributed by atoms with Gasteiger partial charge < -0.3 is 64.9 Å². The summed E-state index contributed by atoms with van der Waals surface area (Å²) in [6, 6.07) is 2.07. The second kappa shape index (κ2) is 32.7. The van der Waals surface area contributed by atoms with E-state index in [0.29, 0.717) is 44.4 Å². The first kappa shape index (κ1) is 62.8. The highest BCUT2D eigenvalue weighted by Crippen LogP contribution is 2.17. The van der Waals surface area contributed by atoms with E-state index in [2.05, 4.69) is 42.2 Å². The number of thiophene rings is 1. The van der Waals surface area contributed by atoms with Crippen molar-refractivity contribution in [3.8, 4) is 5.75 Å². The van der Waals surface area contributed by atoms with E-state index in [9.17, 15) is 38.4 Å². The maximum Gasteiger partial charge on any atom is 0.251 e. The van der Waals surface area contributed by atoms with Crippen molar-refractivity contribution in [1.29, 1.82) is 0 Å². The second-order valence-electron chi connectivity index (χ2n) is 19.7. The number of guanidine groups is 1. The SMILES string of the molecule is CC[C@H](C)[C@H](NC(=O)[C@@H](Cc1cccs1)NC(=O)[C@H](CC(C)C)NC(=O)[C@H](CC(C)C)NC(=O)[C@H](CCCCN)NC(=O)[C@H](CCCN=C(N)N)NC(=O)c1ccc(OC)cc1)C(=O)N[C@H](CC(C)C)C(N)=O. The minimum Gasteiger partial charge on any atom is -0.497 e. The highest BCUT2D eigenvalue weighted by molar-refractivity contribution is 7.09. The number of benzene rings is 1. The van der Waals surface area contributed by atoms with Gasteiger partial charge in [0.05, 0.1) is 7.11 Å². The number of nitrogens with zero attached hydrogens (tertiary/aromatic N) is 1. The van der Waals surface area contributed by atoms with Gasteiger partial charge in [0.15, 0.2) is 5.96 Å². The van der Waals surface area contributed by atoms with Crippen molar-refractivity contribution in [2.45, 2.75) is 162 Å². The monoisotopic (exact) mass is 1040 g/mol. The predicted octanol–water partition coefficient (Wildman–Crippen LogP) is 1.86. The lowest BCUT2D eigenvalue weighted by molar-refractivity contribution is -0.136. The molecule has 1 aromatic carbocycles. The summed E-state index contributed by atoms with van der Waals surface area (Å²) in [4.78, 5) is 116. The average molecular weight is 1040 g/mol. The normalized spacial score (nSPS) is 14.5. The fraction of sp³-hybridized carbons (Fsp3) is 0.627. The van der Waals surface area contributed by atoms with E-state index in [4.69, 9.17) is 27.7 Å². The van der Waals surface area contributed by atoms with Gasteiger partial charge in [-0.25, -0.2) is 0 Å². The Morgan fingerprint density at radius 3 is 1.55 bits per heavy atom. The van der Waals surface area contributed by atoms with E-state index in [0.717, 1.165) is 4.88 Å². The lowest BCUT2D eigenvalue weighted by Gasteiger charge is -2.30. The highest BCUT2D eigenvalue weighted by Gasteiger charge is 2.36. The fourth-order valence-electron chi connectivity index (χ4n) is 7.79. The molecule has 22 heteroatoms. The number of primary amides is 1. The minimum absolute atomic E-state index is 0.0409. The number of carbonyl (C=O) groups is 8. The summed E-state index contributed by atoms with van der Waals surface area (Å²) in [6.45, 7) is 15.4. The molecule has 0 radical (unpaired) electrons. The number of methoxy groups -OCH3 is 1. The van der Waals surface area contributed by atoms with Crippen LogP contribution in [0, 0.1) is 23.7 Å². The van der Waals surface area contributed by atoms with Crippen LogP contribution in [-0.4, -0.2) is 116 Å². The maximum atomic E-state index is 14.4. The van der Waals surface area contributed by atoms with Gasteiger partial charge in [-0.1, -0.05) is 67.9 Å². The highest BCUT2D eigenvalue weighted by atomic mass is 32.1. The molecule has 8 amide bonds. The summed E-state index contributed by atoms with van der Waals surface area (Å²) < 4.78 is 5.20. The van der Waals surface area contributed by atoms with Crippen LogP contribution in [0.3, 0.4) is 0 Å². The number of aliphatic imine (C=N–C) groups is 1. The van der Waals surface area contributed by atoms with Crippen molar-refractivity contribution in [2.24, 2.45) is 51.6 Å². The summed E-state index contributed by atoms with van der Waals surface area (Å²) >= 11 is 1.38. The number of carbonyl (C=O) groups excluding carboxylic acids is 8. The molecule has 0 aliphatic carbocycles. The molecular formula is C51H84N12O9S. The van der Waals surface area contributed by atoms with Crippen LogP contribution in [0.15, 0.2) is 46.8 Å². The maximum absolute atomic E-state index is 14.4. The summed E-state index contributed by atoms with van der Waals surface area (Å²) in [5.74, 6) is -5.34. The predicted molar refractivity (Wildman–Crippen MR) is 284 cm³/mol. The Bertz CT molecular complexity index is 2100. The van der Waals surface area contributed by atoms with E-state index < -0.39 is 89.6 Å². The summed E-state index contributed by atoms with van der Waals surface area (Å²) in [5, 5.41) is 21.4. The van der Waals surface area contributed by atoms with Crippen molar-refractivity contribution >= 4 is 64.6 Å². The van der Waals surface area contributed by atoms with E-state index in [-0.39, 0.29) is 73.8 Å². The van der Waals surface area contributed by atoms with Crippen molar-refractivity contribution in [3.63, 3.8) is 0 Å². The van der Waals surface area contributed by atoms with Crippen LogP contribution in [0.4, 0.5) is 0 Å². The van der Waals surface area contributed by atoms with Crippen molar-refractivity contribution in [3.05, 3.63) is 52.2 Å². The summed E-state index contributed by atoms with van der Waals surface area (Å²) in [5.41, 5.74) is 22.7. The van der Waals surface area contributed by atoms with Crippen LogP contribution in [0.5, 0.6) is 5.75 Å². The smallest absolute Gasteiger partial charge is 0.251 e. The number of hydrogen-bond donors (Lipinski definition) is 11. The van der Waals surface area contributed by atoms with Gasteiger partial charge in [0.25, 0.3) is 5.91 Å². The average Bonchev–Trinajstić information content (AvgIpc) is 3.85. The number of hydrogen-bond acceptors (Lipinski definition) is 12. The molecule has 0 fully saturated rings. The largest absolute Gasteiger partial charge is 0.497 e. The van der Waals surface area contributed by atoms with Crippen LogP contribution in [0.25, 0.3) is 0 Å². The quantitative estimate of drug-likeness (QED) is 0.0272. The molecule has 0 bridgehead atoms. The second-order valence-corrected chi connectivity index (χ2v) is 20.8. The molecule has 2 rings (SSSR count). The minimum atomic E-state index is -1.19. The molecule has 0 saturated carbocycles. The number of nitrogens with two attached hydrogens (primary N) is 4. The summed E-state index contributed by atoms with van der Waals surface area (Å²) in [7, 11) is 1.50. The Balaban J connectivity index is 2.44. The number of nitrogens with one attached hydrogen (secondary N) is 7. The van der Waals surface area contributed by atoms with Crippen LogP contribution < -0.4 is 64.9 Å². The van der Waals surface area contributed by atoms with Gasteiger partial charge in [0, 0.05) is 23.4 Å². The zero-order valence-electron chi connectivity index (χ0n) is 44.2. The zero-order valence-corrected chi connectivity index (χ0v) is 45.0. The van der Waals surface area contributed by atoms with Gasteiger partial charge in [0.1, 0.15) is 48.0 Å². The summed E-state index contributed by atoms with van der Waals surface area (Å²) in [6.07, 6.45) is 2.69. The van der Waals surface area contributed by atoms with Crippen molar-refractivity contribution in [1.82, 2.24) is 37.2 Å². The lowest BCUT2D eigenvalue weighted by Crippen LogP contribution is -2.61. The van der Waals surface area contributed by atoms with Gasteiger partial charge >= 0.3 is 0 Å². The molecule has 0 unspecified atom stereocenters. The van der Waals surface area contributed by atoms with Gasteiger partial charge in [-0.05, 0) is 117 Å². The van der Waals surface area contributed by atoms with Crippen LogP contribution in [-0.2, 0) is 40.0 Å². The number of unbranched alkanes of at least 4 members (excludes halogenated alkanes) is 1. The first-order chi connectivity index (χ1) is 34.5.